The second kappa shape index (κ2) is 9.43. The fourth-order valence-electron chi connectivity index (χ4n) is 4.24. The lowest BCUT2D eigenvalue weighted by Gasteiger charge is -2.17. The minimum Gasteiger partial charge on any atom is -0.305 e. The van der Waals surface area contributed by atoms with Gasteiger partial charge in [0.25, 0.3) is 23.4 Å². The van der Waals surface area contributed by atoms with Crippen molar-refractivity contribution in [3.05, 3.63) is 57.6 Å². The van der Waals surface area contributed by atoms with Gasteiger partial charge in [0, 0.05) is 23.1 Å². The molecule has 0 saturated carbocycles. The zero-order valence-electron chi connectivity index (χ0n) is 17.4. The Bertz CT molecular complexity index is 1030. The highest BCUT2D eigenvalue weighted by molar-refractivity contribution is 6.53. The Morgan fingerprint density at radius 3 is 1.34 bits per heavy atom. The number of hydrogen-bond donors (Lipinski definition) is 0. The van der Waals surface area contributed by atoms with Crippen LogP contribution in [0.15, 0.2) is 36.4 Å². The van der Waals surface area contributed by atoms with Gasteiger partial charge in [-0.1, -0.05) is 48.9 Å². The van der Waals surface area contributed by atoms with Gasteiger partial charge in [0.1, 0.15) is 0 Å². The molecule has 32 heavy (non-hydrogen) atoms. The predicted octanol–water partition coefficient (Wildman–Crippen LogP) is 5.09. The summed E-state index contributed by atoms with van der Waals surface area (Å²) in [7, 11) is 0. The highest BCUT2D eigenvalue weighted by Gasteiger charge is 2.36. The lowest BCUT2D eigenvalue weighted by atomic mass is 10.1. The second-order valence-corrected chi connectivity index (χ2v) is 8.89. The number of nitrogens with zero attached hydrogens (tertiary/aromatic N) is 2. The van der Waals surface area contributed by atoms with Crippen LogP contribution in [0.5, 0.6) is 0 Å². The third-order valence-electron chi connectivity index (χ3n) is 5.88. The Balaban J connectivity index is 1.17. The summed E-state index contributed by atoms with van der Waals surface area (Å²) in [4.78, 5) is 51.7. The molecule has 2 heterocycles. The first-order valence-corrected chi connectivity index (χ1v) is 11.5. The van der Waals surface area contributed by atoms with Gasteiger partial charge < -0.3 is 9.80 Å². The quantitative estimate of drug-likeness (QED) is 0.376. The number of carbonyl (C=O) groups excluding carboxylic acids is 4. The van der Waals surface area contributed by atoms with Crippen molar-refractivity contribution in [3.8, 4) is 0 Å². The number of benzene rings is 2. The molecule has 8 heteroatoms. The molecule has 6 nitrogen and oxygen atoms in total. The number of anilines is 2. The average molecular weight is 473 g/mol. The molecule has 0 spiro atoms. The molecule has 2 aliphatic heterocycles. The Kier molecular flexibility index (Phi) is 6.63. The Morgan fingerprint density at radius 1 is 0.562 bits per heavy atom. The molecule has 2 aromatic rings. The van der Waals surface area contributed by atoms with Crippen LogP contribution in [0, 0.1) is 0 Å². The van der Waals surface area contributed by atoms with Gasteiger partial charge in [-0.2, -0.15) is 0 Å². The first kappa shape index (κ1) is 22.5. The molecule has 0 aromatic heterocycles. The van der Waals surface area contributed by atoms with Gasteiger partial charge in [-0.15, -0.1) is 0 Å². The highest BCUT2D eigenvalue weighted by atomic mass is 35.5. The summed E-state index contributed by atoms with van der Waals surface area (Å²) in [5.74, 6) is -1.98. The Labute approximate surface area is 196 Å². The van der Waals surface area contributed by atoms with Crippen LogP contribution in [0.1, 0.15) is 59.2 Å². The van der Waals surface area contributed by atoms with Crippen molar-refractivity contribution >= 4 is 58.0 Å². The lowest BCUT2D eigenvalue weighted by Crippen LogP contribution is -2.30. The molecule has 0 bridgehead atoms. The molecule has 2 amide bonds. The summed E-state index contributed by atoms with van der Waals surface area (Å²) in [6.07, 6.45) is 5.44. The lowest BCUT2D eigenvalue weighted by molar-refractivity contribution is -0.114. The van der Waals surface area contributed by atoms with E-state index in [0.717, 1.165) is 38.5 Å². The maximum atomic E-state index is 12.2. The Hall–Kier alpha value is -2.70. The van der Waals surface area contributed by atoms with E-state index in [2.05, 4.69) is 0 Å². The van der Waals surface area contributed by atoms with Crippen LogP contribution in [0.2, 0.25) is 10.0 Å². The number of Topliss-reactive ketones (excluding diaryl/α,β-unsaturated/α-hetero) is 2. The summed E-state index contributed by atoms with van der Waals surface area (Å²) in [6, 6.07) is 9.90. The van der Waals surface area contributed by atoms with E-state index in [-0.39, 0.29) is 0 Å². The van der Waals surface area contributed by atoms with Crippen molar-refractivity contribution in [1.82, 2.24) is 0 Å². The fourth-order valence-corrected chi connectivity index (χ4v) is 4.58. The first-order chi connectivity index (χ1) is 15.4. The SMILES string of the molecule is O=C1C(=O)N(CCCCCCCCN2C(=O)C(=O)c3cc(Cl)ccc32)c2ccc(Cl)cc21. The van der Waals surface area contributed by atoms with Crippen LogP contribution < -0.4 is 9.80 Å². The van der Waals surface area contributed by atoms with Gasteiger partial charge >= 0.3 is 0 Å². The molecular formula is C24H22Cl2N2O4. The maximum Gasteiger partial charge on any atom is 0.299 e. The van der Waals surface area contributed by atoms with E-state index < -0.39 is 23.4 Å². The van der Waals surface area contributed by atoms with Crippen LogP contribution in [0.25, 0.3) is 0 Å². The largest absolute Gasteiger partial charge is 0.305 e. The first-order valence-electron chi connectivity index (χ1n) is 10.7. The van der Waals surface area contributed by atoms with Gasteiger partial charge in [-0.3, -0.25) is 19.2 Å². The van der Waals surface area contributed by atoms with Crippen LogP contribution in [-0.4, -0.2) is 36.5 Å². The van der Waals surface area contributed by atoms with Crippen LogP contribution >= 0.6 is 23.2 Å². The number of hydrogen-bond acceptors (Lipinski definition) is 4. The topological polar surface area (TPSA) is 74.8 Å². The smallest absolute Gasteiger partial charge is 0.299 e. The number of rotatable bonds is 9. The third kappa shape index (κ3) is 4.30. The van der Waals surface area contributed by atoms with Crippen molar-refractivity contribution < 1.29 is 19.2 Å². The van der Waals surface area contributed by atoms with E-state index in [4.69, 9.17) is 23.2 Å². The summed E-state index contributed by atoms with van der Waals surface area (Å²) >= 11 is 11.9. The van der Waals surface area contributed by atoms with Crippen LogP contribution in [0.4, 0.5) is 11.4 Å². The molecule has 2 aromatic carbocycles. The summed E-state index contributed by atoms with van der Waals surface area (Å²) in [5.41, 5.74) is 2.02. The van der Waals surface area contributed by atoms with E-state index in [1.54, 1.807) is 36.4 Å². The zero-order valence-corrected chi connectivity index (χ0v) is 18.9. The van der Waals surface area contributed by atoms with E-state index in [0.29, 0.717) is 45.6 Å². The number of amides is 2. The molecule has 2 aliphatic rings. The summed E-state index contributed by atoms with van der Waals surface area (Å²) < 4.78 is 0. The predicted molar refractivity (Wildman–Crippen MR) is 124 cm³/mol. The van der Waals surface area contributed by atoms with Crippen molar-refractivity contribution in [2.24, 2.45) is 0 Å². The van der Waals surface area contributed by atoms with Gasteiger partial charge in [0.15, 0.2) is 0 Å². The fraction of sp³-hybridized carbons (Fsp3) is 0.333. The third-order valence-corrected chi connectivity index (χ3v) is 6.35. The number of ketones is 2. The van der Waals surface area contributed by atoms with Gasteiger partial charge in [0.05, 0.1) is 22.5 Å². The summed E-state index contributed by atoms with van der Waals surface area (Å²) in [6.45, 7) is 1.01. The van der Waals surface area contributed by atoms with Gasteiger partial charge in [-0.05, 0) is 49.2 Å². The molecule has 0 unspecified atom stereocenters. The molecule has 0 radical (unpaired) electrons. The van der Waals surface area contributed by atoms with E-state index in [9.17, 15) is 19.2 Å². The molecule has 0 atom stereocenters. The number of unbranched alkanes of at least 4 members (excludes halogenated alkanes) is 5. The van der Waals surface area contributed by atoms with Crippen LogP contribution in [0.3, 0.4) is 0 Å². The average Bonchev–Trinajstić information content (AvgIpc) is 3.15. The highest BCUT2D eigenvalue weighted by Crippen LogP contribution is 2.32. The Morgan fingerprint density at radius 2 is 0.938 bits per heavy atom. The van der Waals surface area contributed by atoms with Gasteiger partial charge in [0.2, 0.25) is 0 Å². The van der Waals surface area contributed by atoms with Crippen molar-refractivity contribution in [3.63, 3.8) is 0 Å². The molecule has 0 saturated heterocycles. The minimum atomic E-state index is -0.499. The number of fused-ring (bicyclic) bond motifs is 2. The van der Waals surface area contributed by atoms with Crippen molar-refractivity contribution in [2.45, 2.75) is 38.5 Å². The van der Waals surface area contributed by atoms with Gasteiger partial charge in [-0.25, -0.2) is 0 Å². The molecule has 4 rings (SSSR count). The number of halogens is 2. The normalized spacial score (nSPS) is 15.1. The van der Waals surface area contributed by atoms with E-state index >= 15 is 0 Å². The second-order valence-electron chi connectivity index (χ2n) is 8.02. The molecular weight excluding hydrogens is 451 g/mol. The molecule has 0 fully saturated rings. The molecule has 166 valence electrons. The van der Waals surface area contributed by atoms with E-state index in [1.165, 1.54) is 9.80 Å². The maximum absolute atomic E-state index is 12.2. The monoisotopic (exact) mass is 472 g/mol. The van der Waals surface area contributed by atoms with Crippen molar-refractivity contribution in [1.29, 1.82) is 0 Å². The van der Waals surface area contributed by atoms with E-state index in [1.807, 2.05) is 0 Å². The van der Waals surface area contributed by atoms with Crippen molar-refractivity contribution in [2.75, 3.05) is 22.9 Å². The standard InChI is InChI=1S/C24H22Cl2N2O4/c25-15-7-9-19-17(13-15)21(29)23(31)27(19)11-5-3-1-2-4-6-12-28-20-10-8-16(26)14-18(20)22(30)24(28)32/h7-10,13-14H,1-6,11-12H2. The molecule has 0 N–H and O–H groups in total. The number of carbonyl (C=O) groups is 4. The minimum absolute atomic E-state index is 0.376. The summed E-state index contributed by atoms with van der Waals surface area (Å²) in [5, 5.41) is 0.887. The molecule has 0 aliphatic carbocycles. The zero-order chi connectivity index (χ0) is 22.8. The van der Waals surface area contributed by atoms with Crippen LogP contribution in [-0.2, 0) is 9.59 Å².